The zero-order chi connectivity index (χ0) is 7.78. The number of alkyl halides is 3. The molecule has 0 unspecified atom stereocenters. The molecule has 0 radical (unpaired) electrons. The standard InChI is InChI=1S/C6H10F3N/c7-6(8,9)5(10)3-4-1-2-4/h4-5H,1-3,10H2/t5-/m1/s1. The summed E-state index contributed by atoms with van der Waals surface area (Å²) in [6.45, 7) is 0. The first-order valence-corrected chi connectivity index (χ1v) is 3.32. The van der Waals surface area contributed by atoms with E-state index in [9.17, 15) is 13.2 Å². The minimum absolute atomic E-state index is 0.115. The zero-order valence-corrected chi connectivity index (χ0v) is 5.49. The summed E-state index contributed by atoms with van der Waals surface area (Å²) in [5.41, 5.74) is 4.87. The van der Waals surface area contributed by atoms with Gasteiger partial charge in [-0.2, -0.15) is 13.2 Å². The molecule has 1 fully saturated rings. The largest absolute Gasteiger partial charge is 0.403 e. The van der Waals surface area contributed by atoms with Crippen LogP contribution in [0.25, 0.3) is 0 Å². The lowest BCUT2D eigenvalue weighted by atomic mass is 10.1. The Hall–Kier alpha value is -0.250. The fourth-order valence-corrected chi connectivity index (χ4v) is 0.846. The van der Waals surface area contributed by atoms with Gasteiger partial charge in [0.05, 0.1) is 0 Å². The van der Waals surface area contributed by atoms with Gasteiger partial charge in [0.2, 0.25) is 0 Å². The first-order chi connectivity index (χ1) is 4.50. The first kappa shape index (κ1) is 7.85. The molecule has 0 aromatic rings. The molecule has 0 aromatic heterocycles. The zero-order valence-electron chi connectivity index (χ0n) is 5.49. The highest BCUT2D eigenvalue weighted by Crippen LogP contribution is 2.36. The molecule has 1 saturated carbocycles. The molecular weight excluding hydrogens is 143 g/mol. The summed E-state index contributed by atoms with van der Waals surface area (Å²) in [5, 5.41) is 0. The minimum atomic E-state index is -4.19. The van der Waals surface area contributed by atoms with Gasteiger partial charge in [0.1, 0.15) is 6.04 Å². The van der Waals surface area contributed by atoms with Crippen LogP contribution in [0.3, 0.4) is 0 Å². The van der Waals surface area contributed by atoms with Crippen LogP contribution < -0.4 is 5.73 Å². The Morgan fingerprint density at radius 2 is 1.90 bits per heavy atom. The van der Waals surface area contributed by atoms with E-state index in [0.29, 0.717) is 0 Å². The number of hydrogen-bond acceptors (Lipinski definition) is 1. The number of rotatable bonds is 2. The van der Waals surface area contributed by atoms with Gasteiger partial charge in [-0.1, -0.05) is 12.8 Å². The maximum absolute atomic E-state index is 11.7. The summed E-state index contributed by atoms with van der Waals surface area (Å²) < 4.78 is 35.1. The summed E-state index contributed by atoms with van der Waals surface area (Å²) in [7, 11) is 0. The van der Waals surface area contributed by atoms with E-state index >= 15 is 0 Å². The number of hydrogen-bond donors (Lipinski definition) is 1. The smallest absolute Gasteiger partial charge is 0.320 e. The van der Waals surface area contributed by atoms with E-state index in [4.69, 9.17) is 5.73 Å². The third kappa shape index (κ3) is 2.17. The fourth-order valence-electron chi connectivity index (χ4n) is 0.846. The van der Waals surface area contributed by atoms with Gasteiger partial charge in [-0.05, 0) is 12.3 Å². The molecule has 1 aliphatic rings. The van der Waals surface area contributed by atoms with E-state index in [2.05, 4.69) is 0 Å². The van der Waals surface area contributed by atoms with Gasteiger partial charge in [0, 0.05) is 0 Å². The van der Waals surface area contributed by atoms with Crippen molar-refractivity contribution < 1.29 is 13.2 Å². The second-order valence-corrected chi connectivity index (χ2v) is 2.83. The van der Waals surface area contributed by atoms with Crippen molar-refractivity contribution in [3.8, 4) is 0 Å². The summed E-state index contributed by atoms with van der Waals surface area (Å²) >= 11 is 0. The SMILES string of the molecule is N[C@H](CC1CC1)C(F)(F)F. The van der Waals surface area contributed by atoms with Gasteiger partial charge in [-0.15, -0.1) is 0 Å². The van der Waals surface area contributed by atoms with Gasteiger partial charge in [-0.25, -0.2) is 0 Å². The lowest BCUT2D eigenvalue weighted by Gasteiger charge is -2.14. The Labute approximate surface area is 57.4 Å². The van der Waals surface area contributed by atoms with Crippen LogP contribution in [0.5, 0.6) is 0 Å². The summed E-state index contributed by atoms with van der Waals surface area (Å²) in [6, 6.07) is -1.60. The van der Waals surface area contributed by atoms with E-state index in [-0.39, 0.29) is 12.3 Å². The average Bonchev–Trinajstić information content (AvgIpc) is 2.47. The maximum Gasteiger partial charge on any atom is 0.403 e. The van der Waals surface area contributed by atoms with E-state index in [1.807, 2.05) is 0 Å². The van der Waals surface area contributed by atoms with Crippen molar-refractivity contribution in [2.45, 2.75) is 31.5 Å². The topological polar surface area (TPSA) is 26.0 Å². The molecule has 0 saturated heterocycles. The van der Waals surface area contributed by atoms with Crippen LogP contribution in [-0.2, 0) is 0 Å². The lowest BCUT2D eigenvalue weighted by Crippen LogP contribution is -2.37. The van der Waals surface area contributed by atoms with Crippen molar-refractivity contribution >= 4 is 0 Å². The molecular formula is C6H10F3N. The van der Waals surface area contributed by atoms with Crippen LogP contribution in [0.15, 0.2) is 0 Å². The predicted molar refractivity (Wildman–Crippen MR) is 31.4 cm³/mol. The molecule has 1 aliphatic carbocycles. The van der Waals surface area contributed by atoms with Gasteiger partial charge in [0.25, 0.3) is 0 Å². The van der Waals surface area contributed by atoms with Gasteiger partial charge >= 0.3 is 6.18 Å². The predicted octanol–water partition coefficient (Wildman–Crippen LogP) is 1.68. The normalized spacial score (nSPS) is 22.8. The Bertz CT molecular complexity index is 117. The third-order valence-corrected chi connectivity index (χ3v) is 1.70. The Morgan fingerprint density at radius 3 is 2.20 bits per heavy atom. The van der Waals surface area contributed by atoms with E-state index in [1.165, 1.54) is 0 Å². The Kier molecular flexibility index (Phi) is 1.90. The quantitative estimate of drug-likeness (QED) is 0.641. The highest BCUT2D eigenvalue weighted by atomic mass is 19.4. The van der Waals surface area contributed by atoms with Crippen LogP contribution >= 0.6 is 0 Å². The van der Waals surface area contributed by atoms with Crippen LogP contribution in [0, 0.1) is 5.92 Å². The molecule has 0 amide bonds. The average molecular weight is 153 g/mol. The molecule has 0 bridgehead atoms. The van der Waals surface area contributed by atoms with Crippen molar-refractivity contribution in [3.63, 3.8) is 0 Å². The first-order valence-electron chi connectivity index (χ1n) is 3.32. The molecule has 60 valence electrons. The molecule has 0 aromatic carbocycles. The highest BCUT2D eigenvalue weighted by Gasteiger charge is 2.39. The maximum atomic E-state index is 11.7. The molecule has 1 rings (SSSR count). The molecule has 4 heteroatoms. The van der Waals surface area contributed by atoms with E-state index in [0.717, 1.165) is 12.8 Å². The lowest BCUT2D eigenvalue weighted by molar-refractivity contribution is -0.149. The van der Waals surface area contributed by atoms with Gasteiger partial charge < -0.3 is 5.73 Å². The number of nitrogens with two attached hydrogens (primary N) is 1. The van der Waals surface area contributed by atoms with Crippen molar-refractivity contribution in [1.82, 2.24) is 0 Å². The monoisotopic (exact) mass is 153 g/mol. The molecule has 1 nitrogen and oxygen atoms in total. The Balaban J connectivity index is 2.25. The van der Waals surface area contributed by atoms with Gasteiger partial charge in [0.15, 0.2) is 0 Å². The van der Waals surface area contributed by atoms with Crippen LogP contribution in [0.1, 0.15) is 19.3 Å². The molecule has 2 N–H and O–H groups in total. The van der Waals surface area contributed by atoms with Crippen LogP contribution in [-0.4, -0.2) is 12.2 Å². The molecule has 0 spiro atoms. The molecule has 1 atom stereocenters. The van der Waals surface area contributed by atoms with E-state index < -0.39 is 12.2 Å². The van der Waals surface area contributed by atoms with Crippen molar-refractivity contribution in [2.24, 2.45) is 11.7 Å². The molecule has 10 heavy (non-hydrogen) atoms. The molecule has 0 aliphatic heterocycles. The highest BCUT2D eigenvalue weighted by molar-refractivity contribution is 4.81. The van der Waals surface area contributed by atoms with Crippen molar-refractivity contribution in [2.75, 3.05) is 0 Å². The van der Waals surface area contributed by atoms with Crippen molar-refractivity contribution in [1.29, 1.82) is 0 Å². The fraction of sp³-hybridized carbons (Fsp3) is 1.00. The second-order valence-electron chi connectivity index (χ2n) is 2.83. The van der Waals surface area contributed by atoms with E-state index in [1.54, 1.807) is 0 Å². The number of halogens is 3. The van der Waals surface area contributed by atoms with Crippen LogP contribution in [0.2, 0.25) is 0 Å². The molecule has 0 heterocycles. The summed E-state index contributed by atoms with van der Waals surface area (Å²) in [4.78, 5) is 0. The summed E-state index contributed by atoms with van der Waals surface area (Å²) in [5.74, 6) is 0.247. The third-order valence-electron chi connectivity index (χ3n) is 1.70. The second kappa shape index (κ2) is 2.42. The van der Waals surface area contributed by atoms with Gasteiger partial charge in [-0.3, -0.25) is 0 Å². The minimum Gasteiger partial charge on any atom is -0.320 e. The summed E-state index contributed by atoms with van der Waals surface area (Å²) in [6.07, 6.45) is -2.24. The van der Waals surface area contributed by atoms with Crippen LogP contribution in [0.4, 0.5) is 13.2 Å². The Morgan fingerprint density at radius 1 is 1.40 bits per heavy atom. The van der Waals surface area contributed by atoms with Crippen molar-refractivity contribution in [3.05, 3.63) is 0 Å².